The summed E-state index contributed by atoms with van der Waals surface area (Å²) >= 11 is 0. The molecule has 2 heteroatoms. The first-order valence-corrected chi connectivity index (χ1v) is 6.33. The summed E-state index contributed by atoms with van der Waals surface area (Å²) in [6.45, 7) is 5.20. The topological polar surface area (TPSA) is 38.0 Å². The molecule has 2 nitrogen and oxygen atoms in total. The SMILES string of the molecule is CC(C)c1ccc(NCc2cccc(N)c2)cc1. The van der Waals surface area contributed by atoms with E-state index in [9.17, 15) is 0 Å². The van der Waals surface area contributed by atoms with E-state index in [1.165, 1.54) is 11.1 Å². The van der Waals surface area contributed by atoms with E-state index in [1.807, 2.05) is 18.2 Å². The van der Waals surface area contributed by atoms with Gasteiger partial charge in [0.15, 0.2) is 0 Å². The lowest BCUT2D eigenvalue weighted by Crippen LogP contribution is -2.00. The molecule has 0 radical (unpaired) electrons. The third-order valence-corrected chi connectivity index (χ3v) is 3.03. The van der Waals surface area contributed by atoms with Gasteiger partial charge >= 0.3 is 0 Å². The summed E-state index contributed by atoms with van der Waals surface area (Å²) in [5.74, 6) is 0.577. The molecule has 2 aromatic rings. The third-order valence-electron chi connectivity index (χ3n) is 3.03. The van der Waals surface area contributed by atoms with Crippen molar-refractivity contribution in [1.82, 2.24) is 0 Å². The molecule has 0 fully saturated rings. The van der Waals surface area contributed by atoms with Gasteiger partial charge in [-0.2, -0.15) is 0 Å². The first-order chi connectivity index (χ1) is 8.65. The Labute approximate surface area is 109 Å². The maximum atomic E-state index is 5.75. The van der Waals surface area contributed by atoms with Crippen molar-refractivity contribution < 1.29 is 0 Å². The Hall–Kier alpha value is -1.96. The van der Waals surface area contributed by atoms with Gasteiger partial charge in [-0.15, -0.1) is 0 Å². The molecule has 0 spiro atoms. The minimum absolute atomic E-state index is 0.577. The number of rotatable bonds is 4. The molecule has 0 aliphatic rings. The zero-order valence-corrected chi connectivity index (χ0v) is 11.0. The first kappa shape index (κ1) is 12.5. The van der Waals surface area contributed by atoms with Gasteiger partial charge in [-0.05, 0) is 41.3 Å². The standard InChI is InChI=1S/C16H20N2/c1-12(2)14-6-8-16(9-7-14)18-11-13-4-3-5-15(17)10-13/h3-10,12,18H,11,17H2,1-2H3. The monoisotopic (exact) mass is 240 g/mol. The zero-order valence-electron chi connectivity index (χ0n) is 11.0. The summed E-state index contributed by atoms with van der Waals surface area (Å²) < 4.78 is 0. The molecule has 0 saturated carbocycles. The Balaban J connectivity index is 1.98. The molecule has 0 aliphatic carbocycles. The number of anilines is 2. The predicted molar refractivity (Wildman–Crippen MR) is 78.7 cm³/mol. The van der Waals surface area contributed by atoms with Crippen LogP contribution < -0.4 is 11.1 Å². The number of nitrogens with one attached hydrogen (secondary N) is 1. The summed E-state index contributed by atoms with van der Waals surface area (Å²) in [6, 6.07) is 16.6. The van der Waals surface area contributed by atoms with Crippen LogP contribution in [0, 0.1) is 0 Å². The van der Waals surface area contributed by atoms with Gasteiger partial charge in [0, 0.05) is 17.9 Å². The Morgan fingerprint density at radius 2 is 1.78 bits per heavy atom. The molecule has 0 amide bonds. The van der Waals surface area contributed by atoms with Crippen molar-refractivity contribution in [2.24, 2.45) is 0 Å². The third kappa shape index (κ3) is 3.27. The molecule has 0 bridgehead atoms. The summed E-state index contributed by atoms with van der Waals surface area (Å²) in [6.07, 6.45) is 0. The minimum Gasteiger partial charge on any atom is -0.399 e. The Morgan fingerprint density at radius 1 is 1.06 bits per heavy atom. The van der Waals surface area contributed by atoms with E-state index < -0.39 is 0 Å². The molecule has 94 valence electrons. The fraction of sp³-hybridized carbons (Fsp3) is 0.250. The van der Waals surface area contributed by atoms with Crippen LogP contribution in [0.15, 0.2) is 48.5 Å². The lowest BCUT2D eigenvalue weighted by Gasteiger charge is -2.09. The van der Waals surface area contributed by atoms with E-state index in [1.54, 1.807) is 0 Å². The fourth-order valence-corrected chi connectivity index (χ4v) is 1.89. The van der Waals surface area contributed by atoms with Crippen LogP contribution in [0.3, 0.4) is 0 Å². The highest BCUT2D eigenvalue weighted by atomic mass is 14.9. The molecule has 2 aromatic carbocycles. The molecule has 2 rings (SSSR count). The normalized spacial score (nSPS) is 10.6. The van der Waals surface area contributed by atoms with E-state index in [4.69, 9.17) is 5.73 Å². The minimum atomic E-state index is 0.577. The van der Waals surface area contributed by atoms with Crippen molar-refractivity contribution >= 4 is 11.4 Å². The second-order valence-electron chi connectivity index (χ2n) is 4.88. The number of nitrogens with two attached hydrogens (primary N) is 1. The van der Waals surface area contributed by atoms with E-state index in [-0.39, 0.29) is 0 Å². The molecule has 0 aromatic heterocycles. The van der Waals surface area contributed by atoms with Gasteiger partial charge in [0.2, 0.25) is 0 Å². The molecule has 0 heterocycles. The Morgan fingerprint density at radius 3 is 2.39 bits per heavy atom. The van der Waals surface area contributed by atoms with Gasteiger partial charge in [-0.25, -0.2) is 0 Å². The number of hydrogen-bond acceptors (Lipinski definition) is 2. The van der Waals surface area contributed by atoms with Crippen LogP contribution in [0.25, 0.3) is 0 Å². The molecular formula is C16H20N2. The van der Waals surface area contributed by atoms with Crippen LogP contribution in [-0.4, -0.2) is 0 Å². The van der Waals surface area contributed by atoms with Crippen molar-refractivity contribution in [3.05, 3.63) is 59.7 Å². The van der Waals surface area contributed by atoms with E-state index >= 15 is 0 Å². The van der Waals surface area contributed by atoms with Crippen LogP contribution in [-0.2, 0) is 6.54 Å². The molecule has 18 heavy (non-hydrogen) atoms. The Kier molecular flexibility index (Phi) is 3.88. The van der Waals surface area contributed by atoms with Crippen molar-refractivity contribution in [2.75, 3.05) is 11.1 Å². The maximum Gasteiger partial charge on any atom is 0.0401 e. The quantitative estimate of drug-likeness (QED) is 0.793. The highest BCUT2D eigenvalue weighted by Crippen LogP contribution is 2.17. The van der Waals surface area contributed by atoms with Crippen molar-refractivity contribution in [2.45, 2.75) is 26.3 Å². The van der Waals surface area contributed by atoms with E-state index in [0.717, 1.165) is 17.9 Å². The van der Waals surface area contributed by atoms with Crippen LogP contribution >= 0.6 is 0 Å². The van der Waals surface area contributed by atoms with Gasteiger partial charge in [0.1, 0.15) is 0 Å². The highest BCUT2D eigenvalue weighted by molar-refractivity contribution is 5.47. The van der Waals surface area contributed by atoms with Crippen LogP contribution in [0.5, 0.6) is 0 Å². The van der Waals surface area contributed by atoms with Crippen molar-refractivity contribution in [1.29, 1.82) is 0 Å². The highest BCUT2D eigenvalue weighted by Gasteiger charge is 1.99. The predicted octanol–water partition coefficient (Wildman–Crippen LogP) is 4.00. The lowest BCUT2D eigenvalue weighted by atomic mass is 10.0. The molecule has 3 N–H and O–H groups in total. The van der Waals surface area contributed by atoms with Gasteiger partial charge < -0.3 is 11.1 Å². The second kappa shape index (κ2) is 5.58. The van der Waals surface area contributed by atoms with Crippen molar-refractivity contribution in [3.8, 4) is 0 Å². The fourth-order valence-electron chi connectivity index (χ4n) is 1.89. The van der Waals surface area contributed by atoms with Gasteiger partial charge in [0.05, 0.1) is 0 Å². The van der Waals surface area contributed by atoms with Crippen molar-refractivity contribution in [3.63, 3.8) is 0 Å². The summed E-state index contributed by atoms with van der Waals surface area (Å²) in [5, 5.41) is 3.40. The summed E-state index contributed by atoms with van der Waals surface area (Å²) in [4.78, 5) is 0. The molecule has 0 atom stereocenters. The average molecular weight is 240 g/mol. The van der Waals surface area contributed by atoms with Crippen LogP contribution in [0.1, 0.15) is 30.9 Å². The van der Waals surface area contributed by atoms with E-state index in [2.05, 4.69) is 49.5 Å². The first-order valence-electron chi connectivity index (χ1n) is 6.33. The summed E-state index contributed by atoms with van der Waals surface area (Å²) in [7, 11) is 0. The average Bonchev–Trinajstić information content (AvgIpc) is 2.37. The number of nitrogen functional groups attached to an aromatic ring is 1. The molecular weight excluding hydrogens is 220 g/mol. The van der Waals surface area contributed by atoms with Gasteiger partial charge in [0.25, 0.3) is 0 Å². The summed E-state index contributed by atoms with van der Waals surface area (Å²) in [5.41, 5.74) is 10.3. The zero-order chi connectivity index (χ0) is 13.0. The lowest BCUT2D eigenvalue weighted by molar-refractivity contribution is 0.867. The number of benzene rings is 2. The Bertz CT molecular complexity index is 501. The smallest absolute Gasteiger partial charge is 0.0401 e. The largest absolute Gasteiger partial charge is 0.399 e. The van der Waals surface area contributed by atoms with E-state index in [0.29, 0.717) is 5.92 Å². The van der Waals surface area contributed by atoms with Crippen LogP contribution in [0.2, 0.25) is 0 Å². The molecule has 0 saturated heterocycles. The maximum absolute atomic E-state index is 5.75. The second-order valence-corrected chi connectivity index (χ2v) is 4.88. The van der Waals surface area contributed by atoms with Gasteiger partial charge in [-0.1, -0.05) is 38.1 Å². The molecule has 0 unspecified atom stereocenters. The molecule has 0 aliphatic heterocycles. The number of hydrogen-bond donors (Lipinski definition) is 2. The van der Waals surface area contributed by atoms with Gasteiger partial charge in [-0.3, -0.25) is 0 Å². The van der Waals surface area contributed by atoms with Crippen LogP contribution in [0.4, 0.5) is 11.4 Å².